The molecule has 0 spiro atoms. The van der Waals surface area contributed by atoms with Crippen LogP contribution in [0.4, 0.5) is 8.78 Å². The standard InChI is InChI=1S/C19H20F2N2O4/c1-11-6-7-23(15(8-11)19(25)26)18(24)5-4-17-22-10-16(27-17)13-3-2-12(20)9-14(13)21/h2-3,9-11,15H,4-8H2,1H3,(H,25,26). The number of carboxylic acid groups (broad SMARTS) is 1. The fourth-order valence-corrected chi connectivity index (χ4v) is 3.27. The molecule has 2 aromatic rings. The molecular weight excluding hydrogens is 358 g/mol. The van der Waals surface area contributed by atoms with Gasteiger partial charge in [-0.15, -0.1) is 0 Å². The Morgan fingerprint density at radius 2 is 2.15 bits per heavy atom. The van der Waals surface area contributed by atoms with E-state index in [4.69, 9.17) is 4.42 Å². The first-order chi connectivity index (χ1) is 12.8. The van der Waals surface area contributed by atoms with Crippen LogP contribution in [-0.2, 0) is 16.0 Å². The van der Waals surface area contributed by atoms with E-state index in [2.05, 4.69) is 4.98 Å². The van der Waals surface area contributed by atoms with Crippen LogP contribution in [0.5, 0.6) is 0 Å². The van der Waals surface area contributed by atoms with Gasteiger partial charge in [0.05, 0.1) is 11.8 Å². The Labute approximate surface area is 154 Å². The summed E-state index contributed by atoms with van der Waals surface area (Å²) in [6, 6.07) is 2.32. The highest BCUT2D eigenvalue weighted by atomic mass is 19.1. The molecule has 1 aliphatic rings. The van der Waals surface area contributed by atoms with E-state index < -0.39 is 23.6 Å². The number of carbonyl (C=O) groups excluding carboxylic acids is 1. The summed E-state index contributed by atoms with van der Waals surface area (Å²) in [7, 11) is 0. The molecule has 1 saturated heterocycles. The quantitative estimate of drug-likeness (QED) is 0.863. The van der Waals surface area contributed by atoms with Crippen molar-refractivity contribution in [1.29, 1.82) is 0 Å². The molecule has 0 saturated carbocycles. The van der Waals surface area contributed by atoms with Gasteiger partial charge >= 0.3 is 5.97 Å². The van der Waals surface area contributed by atoms with Crippen LogP contribution in [0.15, 0.2) is 28.8 Å². The molecule has 1 aromatic heterocycles. The molecule has 0 radical (unpaired) electrons. The maximum Gasteiger partial charge on any atom is 0.326 e. The van der Waals surface area contributed by atoms with Gasteiger partial charge < -0.3 is 14.4 Å². The number of aromatic nitrogens is 1. The fourth-order valence-electron chi connectivity index (χ4n) is 3.27. The van der Waals surface area contributed by atoms with Crippen molar-refractivity contribution in [3.05, 3.63) is 41.9 Å². The lowest BCUT2D eigenvalue weighted by Crippen LogP contribution is -2.49. The van der Waals surface area contributed by atoms with Crippen LogP contribution < -0.4 is 0 Å². The Morgan fingerprint density at radius 1 is 1.37 bits per heavy atom. The molecule has 0 aliphatic carbocycles. The van der Waals surface area contributed by atoms with Gasteiger partial charge in [-0.3, -0.25) is 4.79 Å². The van der Waals surface area contributed by atoms with Crippen LogP contribution in [0.25, 0.3) is 11.3 Å². The maximum atomic E-state index is 13.8. The summed E-state index contributed by atoms with van der Waals surface area (Å²) in [5.74, 6) is -2.09. The number of hydrogen-bond acceptors (Lipinski definition) is 4. The van der Waals surface area contributed by atoms with Crippen LogP contribution >= 0.6 is 0 Å². The Balaban J connectivity index is 1.64. The van der Waals surface area contributed by atoms with E-state index in [-0.39, 0.29) is 41.9 Å². The number of amides is 1. The predicted octanol–water partition coefficient (Wildman–Crippen LogP) is 3.26. The van der Waals surface area contributed by atoms with E-state index in [0.717, 1.165) is 18.6 Å². The van der Waals surface area contributed by atoms with Gasteiger partial charge in [0, 0.05) is 25.5 Å². The number of piperidine rings is 1. The number of carbonyl (C=O) groups is 2. The summed E-state index contributed by atoms with van der Waals surface area (Å²) in [4.78, 5) is 29.3. The number of nitrogens with zero attached hydrogens (tertiary/aromatic N) is 2. The van der Waals surface area contributed by atoms with E-state index >= 15 is 0 Å². The normalized spacial score (nSPS) is 19.9. The monoisotopic (exact) mass is 378 g/mol. The molecule has 2 heterocycles. The molecule has 1 amide bonds. The van der Waals surface area contributed by atoms with Crippen molar-refractivity contribution < 1.29 is 27.9 Å². The molecule has 0 bridgehead atoms. The van der Waals surface area contributed by atoms with Crippen molar-refractivity contribution in [2.24, 2.45) is 5.92 Å². The molecule has 6 nitrogen and oxygen atoms in total. The molecule has 3 rings (SSSR count). The number of benzene rings is 1. The first kappa shape index (κ1) is 19.0. The minimum atomic E-state index is -1.000. The van der Waals surface area contributed by atoms with E-state index in [0.29, 0.717) is 13.0 Å². The lowest BCUT2D eigenvalue weighted by molar-refractivity contribution is -0.153. The summed E-state index contributed by atoms with van der Waals surface area (Å²) in [5.41, 5.74) is 0.0810. The largest absolute Gasteiger partial charge is 0.480 e. The molecule has 8 heteroatoms. The van der Waals surface area contributed by atoms with E-state index in [1.54, 1.807) is 0 Å². The highest BCUT2D eigenvalue weighted by Crippen LogP contribution is 2.26. The molecule has 27 heavy (non-hydrogen) atoms. The third-order valence-corrected chi connectivity index (χ3v) is 4.77. The third kappa shape index (κ3) is 4.32. The topological polar surface area (TPSA) is 83.6 Å². The number of carboxylic acids is 1. The minimum absolute atomic E-state index is 0.0456. The number of rotatable bonds is 5. The van der Waals surface area contributed by atoms with Crippen molar-refractivity contribution in [3.8, 4) is 11.3 Å². The second-order valence-corrected chi connectivity index (χ2v) is 6.81. The highest BCUT2D eigenvalue weighted by molar-refractivity contribution is 5.84. The fraction of sp³-hybridized carbons (Fsp3) is 0.421. The van der Waals surface area contributed by atoms with Crippen LogP contribution in [0.1, 0.15) is 32.1 Å². The number of oxazole rings is 1. The van der Waals surface area contributed by atoms with Crippen LogP contribution in [0.3, 0.4) is 0 Å². The number of aliphatic carboxylic acids is 1. The van der Waals surface area contributed by atoms with Crippen molar-refractivity contribution >= 4 is 11.9 Å². The Morgan fingerprint density at radius 3 is 2.85 bits per heavy atom. The predicted molar refractivity (Wildman–Crippen MR) is 91.7 cm³/mol. The summed E-state index contributed by atoms with van der Waals surface area (Å²) in [5, 5.41) is 9.35. The number of aryl methyl sites for hydroxylation is 1. The average molecular weight is 378 g/mol. The maximum absolute atomic E-state index is 13.8. The highest BCUT2D eigenvalue weighted by Gasteiger charge is 2.34. The third-order valence-electron chi connectivity index (χ3n) is 4.77. The Bertz CT molecular complexity index is 852. The minimum Gasteiger partial charge on any atom is -0.480 e. The first-order valence-corrected chi connectivity index (χ1v) is 8.77. The molecule has 1 aliphatic heterocycles. The van der Waals surface area contributed by atoms with Crippen LogP contribution in [-0.4, -0.2) is 39.5 Å². The van der Waals surface area contributed by atoms with Gasteiger partial charge in [-0.2, -0.15) is 0 Å². The zero-order valence-electron chi connectivity index (χ0n) is 14.8. The second-order valence-electron chi connectivity index (χ2n) is 6.81. The van der Waals surface area contributed by atoms with Crippen LogP contribution in [0, 0.1) is 17.6 Å². The van der Waals surface area contributed by atoms with E-state index in [1.165, 1.54) is 17.2 Å². The molecule has 1 fully saturated rings. The van der Waals surface area contributed by atoms with Gasteiger partial charge in [-0.25, -0.2) is 18.6 Å². The summed E-state index contributed by atoms with van der Waals surface area (Å²) < 4.78 is 32.3. The molecule has 144 valence electrons. The Kier molecular flexibility index (Phi) is 5.53. The molecular formula is C19H20F2N2O4. The Hall–Kier alpha value is -2.77. The number of halogens is 2. The van der Waals surface area contributed by atoms with Crippen LogP contribution in [0.2, 0.25) is 0 Å². The van der Waals surface area contributed by atoms with E-state index in [1.807, 2.05) is 6.92 Å². The van der Waals surface area contributed by atoms with Crippen molar-refractivity contribution in [1.82, 2.24) is 9.88 Å². The summed E-state index contributed by atoms with van der Waals surface area (Å²) in [6.07, 6.45) is 2.74. The molecule has 2 atom stereocenters. The number of likely N-dealkylation sites (tertiary alicyclic amines) is 1. The zero-order chi connectivity index (χ0) is 19.6. The van der Waals surface area contributed by atoms with Crippen molar-refractivity contribution in [2.45, 2.75) is 38.6 Å². The molecule has 2 unspecified atom stereocenters. The van der Waals surface area contributed by atoms with Gasteiger partial charge in [0.2, 0.25) is 5.91 Å². The smallest absolute Gasteiger partial charge is 0.326 e. The second kappa shape index (κ2) is 7.85. The van der Waals surface area contributed by atoms with Gasteiger partial charge in [-0.1, -0.05) is 6.92 Å². The molecule has 1 N–H and O–H groups in total. The first-order valence-electron chi connectivity index (χ1n) is 8.77. The summed E-state index contributed by atoms with van der Waals surface area (Å²) >= 11 is 0. The number of hydrogen-bond donors (Lipinski definition) is 1. The van der Waals surface area contributed by atoms with E-state index in [9.17, 15) is 23.5 Å². The zero-order valence-corrected chi connectivity index (χ0v) is 14.8. The molecule has 1 aromatic carbocycles. The van der Waals surface area contributed by atoms with Gasteiger partial charge in [0.1, 0.15) is 17.7 Å². The van der Waals surface area contributed by atoms with Gasteiger partial charge in [-0.05, 0) is 30.9 Å². The van der Waals surface area contributed by atoms with Gasteiger partial charge in [0.15, 0.2) is 11.7 Å². The van der Waals surface area contributed by atoms with Crippen molar-refractivity contribution in [2.75, 3.05) is 6.54 Å². The van der Waals surface area contributed by atoms with Crippen molar-refractivity contribution in [3.63, 3.8) is 0 Å². The SMILES string of the molecule is CC1CCN(C(=O)CCc2ncc(-c3ccc(F)cc3F)o2)C(C(=O)O)C1. The summed E-state index contributed by atoms with van der Waals surface area (Å²) in [6.45, 7) is 2.38. The lowest BCUT2D eigenvalue weighted by atomic mass is 9.92. The lowest BCUT2D eigenvalue weighted by Gasteiger charge is -2.36. The van der Waals surface area contributed by atoms with Gasteiger partial charge in [0.25, 0.3) is 0 Å². The average Bonchev–Trinajstić information content (AvgIpc) is 3.08.